The van der Waals surface area contributed by atoms with Crippen molar-refractivity contribution in [2.45, 2.75) is 38.0 Å². The number of amides is 1. The van der Waals surface area contributed by atoms with Gasteiger partial charge in [-0.2, -0.15) is 0 Å². The van der Waals surface area contributed by atoms with Gasteiger partial charge in [-0.15, -0.1) is 0 Å². The van der Waals surface area contributed by atoms with Crippen molar-refractivity contribution in [3.05, 3.63) is 131 Å². The van der Waals surface area contributed by atoms with Gasteiger partial charge >= 0.3 is 12.1 Å². The number of rotatable bonds is 12. The minimum atomic E-state index is -1.54. The molecular weight excluding hydrogens is 508 g/mol. The Morgan fingerprint density at radius 1 is 0.800 bits per heavy atom. The first-order valence-electron chi connectivity index (χ1n) is 12.9. The molecule has 0 heterocycles. The van der Waals surface area contributed by atoms with Crippen LogP contribution in [0.15, 0.2) is 109 Å². The number of ether oxygens (including phenoxy) is 2. The number of hydrazine groups is 1. The van der Waals surface area contributed by atoms with E-state index in [1.807, 2.05) is 91.0 Å². The van der Waals surface area contributed by atoms with Crippen molar-refractivity contribution in [3.63, 3.8) is 0 Å². The molecule has 4 rings (SSSR count). The van der Waals surface area contributed by atoms with Crippen LogP contribution in [0.2, 0.25) is 0 Å². The topological polar surface area (TPSA) is 117 Å². The van der Waals surface area contributed by atoms with Crippen LogP contribution in [0, 0.1) is 0 Å². The molecule has 0 fully saturated rings. The van der Waals surface area contributed by atoms with Gasteiger partial charge in [-0.05, 0) is 47.7 Å². The fourth-order valence-electron chi connectivity index (χ4n) is 4.44. The molecule has 206 valence electrons. The van der Waals surface area contributed by atoms with E-state index in [0.717, 1.165) is 16.7 Å². The van der Waals surface area contributed by atoms with Crippen LogP contribution in [0.5, 0.6) is 11.5 Å². The first-order valence-corrected chi connectivity index (χ1v) is 12.9. The van der Waals surface area contributed by atoms with Gasteiger partial charge in [0.15, 0.2) is 11.5 Å². The Hall–Kier alpha value is -4.82. The Morgan fingerprint density at radius 2 is 1.35 bits per heavy atom. The molecule has 0 aliphatic heterocycles. The Morgan fingerprint density at radius 3 is 1.93 bits per heavy atom. The summed E-state index contributed by atoms with van der Waals surface area (Å²) < 4.78 is 11.7. The van der Waals surface area contributed by atoms with E-state index in [1.54, 1.807) is 19.1 Å². The SMILES string of the molecule is C[C@@](NNC(=O)O)(C(=O)OCc1ccccc1)[C@@H](Cc1ccccc1)c1ccc(O)c(OCc2ccccc2)c1. The summed E-state index contributed by atoms with van der Waals surface area (Å²) in [6, 6.07) is 33.2. The van der Waals surface area contributed by atoms with Crippen LogP contribution in [-0.4, -0.2) is 27.8 Å². The van der Waals surface area contributed by atoms with E-state index in [4.69, 9.17) is 9.47 Å². The standard InChI is InChI=1S/C32H32N2O6/c1-32(34-33-31(37)38,30(36)40-22-25-15-9-4-10-16-25)27(19-23-11-5-2-6-12-23)26-17-18-28(35)29(20-26)39-21-24-13-7-3-8-14-24/h2-18,20,27,33-35H,19,21-22H2,1H3,(H,37,38)/t27-,32-/m0/s1. The largest absolute Gasteiger partial charge is 0.504 e. The molecule has 0 aliphatic rings. The van der Waals surface area contributed by atoms with E-state index in [1.165, 1.54) is 6.07 Å². The fraction of sp³-hybridized carbons (Fsp3) is 0.188. The van der Waals surface area contributed by atoms with Crippen molar-refractivity contribution in [1.82, 2.24) is 10.9 Å². The molecule has 0 aliphatic carbocycles. The number of hydrogen-bond donors (Lipinski definition) is 4. The van der Waals surface area contributed by atoms with Crippen molar-refractivity contribution in [2.75, 3.05) is 0 Å². The third-order valence-electron chi connectivity index (χ3n) is 6.67. The minimum absolute atomic E-state index is 0.0170. The highest BCUT2D eigenvalue weighted by atomic mass is 16.5. The normalized spacial score (nSPS) is 13.0. The summed E-state index contributed by atoms with van der Waals surface area (Å²) in [6.07, 6.45) is -0.993. The van der Waals surface area contributed by atoms with Crippen LogP contribution in [0.4, 0.5) is 4.79 Å². The van der Waals surface area contributed by atoms with Gasteiger partial charge in [0.25, 0.3) is 0 Å². The molecule has 2 atom stereocenters. The zero-order valence-corrected chi connectivity index (χ0v) is 22.1. The molecule has 4 aromatic rings. The lowest BCUT2D eigenvalue weighted by atomic mass is 9.77. The van der Waals surface area contributed by atoms with Crippen LogP contribution >= 0.6 is 0 Å². The van der Waals surface area contributed by atoms with Gasteiger partial charge in [-0.1, -0.05) is 97.1 Å². The lowest BCUT2D eigenvalue weighted by Crippen LogP contribution is -2.61. The number of carbonyl (C=O) groups is 2. The monoisotopic (exact) mass is 540 g/mol. The van der Waals surface area contributed by atoms with Crippen molar-refractivity contribution in [3.8, 4) is 11.5 Å². The highest BCUT2D eigenvalue weighted by Crippen LogP contribution is 2.38. The van der Waals surface area contributed by atoms with E-state index < -0.39 is 23.5 Å². The molecule has 4 N–H and O–H groups in total. The maximum Gasteiger partial charge on any atom is 0.419 e. The number of hydrogen-bond acceptors (Lipinski definition) is 6. The summed E-state index contributed by atoms with van der Waals surface area (Å²) in [5.41, 5.74) is 6.62. The Kier molecular flexibility index (Phi) is 9.38. The smallest absolute Gasteiger partial charge is 0.419 e. The number of phenols is 1. The summed E-state index contributed by atoms with van der Waals surface area (Å²) in [6.45, 7) is 1.85. The summed E-state index contributed by atoms with van der Waals surface area (Å²) >= 11 is 0. The maximum atomic E-state index is 13.7. The van der Waals surface area contributed by atoms with Crippen LogP contribution in [0.1, 0.15) is 35.1 Å². The van der Waals surface area contributed by atoms with Gasteiger partial charge in [0.05, 0.1) is 0 Å². The molecule has 0 radical (unpaired) electrons. The van der Waals surface area contributed by atoms with Crippen molar-refractivity contribution in [2.24, 2.45) is 0 Å². The van der Waals surface area contributed by atoms with E-state index in [-0.39, 0.29) is 24.7 Å². The molecule has 40 heavy (non-hydrogen) atoms. The Bertz CT molecular complexity index is 1400. The second kappa shape index (κ2) is 13.3. The van der Waals surface area contributed by atoms with Gasteiger partial charge in [0.1, 0.15) is 18.8 Å². The predicted molar refractivity (Wildman–Crippen MR) is 151 cm³/mol. The second-order valence-electron chi connectivity index (χ2n) is 9.56. The van der Waals surface area contributed by atoms with E-state index in [9.17, 15) is 19.8 Å². The van der Waals surface area contributed by atoms with Gasteiger partial charge in [-0.3, -0.25) is 5.43 Å². The molecule has 0 saturated carbocycles. The van der Waals surface area contributed by atoms with Gasteiger partial charge in [0, 0.05) is 5.92 Å². The number of nitrogens with one attached hydrogen (secondary N) is 2. The molecule has 8 heteroatoms. The number of carboxylic acid groups (broad SMARTS) is 1. The Balaban J connectivity index is 1.70. The highest BCUT2D eigenvalue weighted by Gasteiger charge is 2.44. The van der Waals surface area contributed by atoms with Crippen molar-refractivity contribution < 1.29 is 29.3 Å². The lowest BCUT2D eigenvalue weighted by molar-refractivity contribution is -0.154. The number of carbonyl (C=O) groups excluding carboxylic acids is 1. The van der Waals surface area contributed by atoms with Gasteiger partial charge in [0.2, 0.25) is 0 Å². The number of benzene rings is 4. The maximum absolute atomic E-state index is 13.7. The van der Waals surface area contributed by atoms with Crippen molar-refractivity contribution in [1.29, 1.82) is 0 Å². The summed E-state index contributed by atoms with van der Waals surface area (Å²) in [5, 5.41) is 19.9. The van der Waals surface area contributed by atoms with Crippen molar-refractivity contribution >= 4 is 12.1 Å². The Labute approximate surface area is 233 Å². The fourth-order valence-corrected chi connectivity index (χ4v) is 4.44. The molecule has 0 bridgehead atoms. The van der Waals surface area contributed by atoms with E-state index in [0.29, 0.717) is 12.0 Å². The average molecular weight is 541 g/mol. The van der Waals surface area contributed by atoms with Crippen LogP contribution in [-0.2, 0) is 29.2 Å². The quantitative estimate of drug-likeness (QED) is 0.137. The van der Waals surface area contributed by atoms with E-state index in [2.05, 4.69) is 10.9 Å². The molecule has 0 aromatic heterocycles. The summed E-state index contributed by atoms with van der Waals surface area (Å²) in [5.74, 6) is -1.09. The van der Waals surface area contributed by atoms with Gasteiger partial charge in [-0.25, -0.2) is 15.0 Å². The minimum Gasteiger partial charge on any atom is -0.504 e. The average Bonchev–Trinajstić information content (AvgIpc) is 2.98. The number of esters is 1. The zero-order valence-electron chi connectivity index (χ0n) is 22.1. The third kappa shape index (κ3) is 7.39. The molecular formula is C32H32N2O6. The molecule has 0 saturated heterocycles. The summed E-state index contributed by atoms with van der Waals surface area (Å²) in [4.78, 5) is 25.2. The molecule has 0 spiro atoms. The van der Waals surface area contributed by atoms with Crippen LogP contribution in [0.25, 0.3) is 0 Å². The first kappa shape index (κ1) is 28.2. The zero-order chi connectivity index (χ0) is 28.4. The summed E-state index contributed by atoms with van der Waals surface area (Å²) in [7, 11) is 0. The second-order valence-corrected chi connectivity index (χ2v) is 9.56. The third-order valence-corrected chi connectivity index (χ3v) is 6.67. The molecule has 8 nitrogen and oxygen atoms in total. The van der Waals surface area contributed by atoms with E-state index >= 15 is 0 Å². The van der Waals surface area contributed by atoms with Crippen LogP contribution < -0.4 is 15.6 Å². The number of phenolic OH excluding ortho intramolecular Hbond substituents is 1. The predicted octanol–water partition coefficient (Wildman–Crippen LogP) is 5.57. The molecule has 0 unspecified atom stereocenters. The van der Waals surface area contributed by atoms with Gasteiger partial charge < -0.3 is 19.7 Å². The molecule has 4 aromatic carbocycles. The number of aromatic hydroxyl groups is 1. The van der Waals surface area contributed by atoms with Crippen LogP contribution in [0.3, 0.4) is 0 Å². The first-order chi connectivity index (χ1) is 19.3. The lowest BCUT2D eigenvalue weighted by Gasteiger charge is -2.36. The molecule has 1 amide bonds. The highest BCUT2D eigenvalue weighted by molar-refractivity contribution is 5.82.